The van der Waals surface area contributed by atoms with Crippen molar-refractivity contribution < 1.29 is 0 Å². The van der Waals surface area contributed by atoms with Crippen LogP contribution in [0, 0.1) is 0 Å². The lowest BCUT2D eigenvalue weighted by atomic mass is 10.4. The summed E-state index contributed by atoms with van der Waals surface area (Å²) in [6, 6.07) is 0. The van der Waals surface area contributed by atoms with Crippen LogP contribution in [-0.2, 0) is 0 Å². The minimum absolute atomic E-state index is 0.777. The summed E-state index contributed by atoms with van der Waals surface area (Å²) in [4.78, 5) is 0. The van der Waals surface area contributed by atoms with E-state index in [0.717, 1.165) is 95.4 Å². The van der Waals surface area contributed by atoms with Gasteiger partial charge in [-0.2, -0.15) is 12.6 Å². The molecule has 0 unspecified atom stereocenters. The molecule has 0 aromatic carbocycles. The molecule has 0 atom stereocenters. The largest absolute Gasteiger partial charge is 0.330 e. The first kappa shape index (κ1) is 27.0. The van der Waals surface area contributed by atoms with Crippen LogP contribution in [0.3, 0.4) is 0 Å². The molecule has 9 N–H and O–H groups in total. The van der Waals surface area contributed by atoms with Crippen molar-refractivity contribution in [2.24, 2.45) is 17.2 Å². The van der Waals surface area contributed by atoms with E-state index < -0.39 is 0 Å². The molecule has 0 aliphatic rings. The fraction of sp³-hybridized carbons (Fsp3) is 1.00. The van der Waals surface area contributed by atoms with Crippen molar-refractivity contribution in [2.45, 2.75) is 19.3 Å². The first-order valence-corrected chi connectivity index (χ1v) is 12.0. The summed E-state index contributed by atoms with van der Waals surface area (Å²) < 4.78 is 0. The molecule has 0 aliphatic heterocycles. The maximum atomic E-state index is 5.39. The van der Waals surface area contributed by atoms with E-state index in [4.69, 9.17) is 17.2 Å². The first-order chi connectivity index (χ1) is 11.8. The second kappa shape index (κ2) is 28.6. The highest BCUT2D eigenvalue weighted by Crippen LogP contribution is 2.19. The third kappa shape index (κ3) is 30.7. The molecular weight excluding hydrogens is 360 g/mol. The molecule has 0 fully saturated rings. The predicted molar refractivity (Wildman–Crippen MR) is 118 cm³/mol. The smallest absolute Gasteiger partial charge is 0.0162 e. The van der Waals surface area contributed by atoms with E-state index in [2.05, 4.69) is 28.6 Å². The molecule has 0 bridgehead atoms. The van der Waals surface area contributed by atoms with Crippen molar-refractivity contribution in [1.29, 1.82) is 0 Å². The van der Waals surface area contributed by atoms with Gasteiger partial charge in [0, 0.05) is 36.9 Å². The summed E-state index contributed by atoms with van der Waals surface area (Å²) in [5, 5.41) is 9.90. The zero-order valence-corrected chi connectivity index (χ0v) is 17.6. The Hall–Kier alpha value is 0.810. The Labute approximate surface area is 162 Å². The summed E-state index contributed by atoms with van der Waals surface area (Å²) in [5.74, 6) is 3.24. The van der Waals surface area contributed by atoms with Crippen LogP contribution in [0.4, 0.5) is 0 Å². The van der Waals surface area contributed by atoms with Gasteiger partial charge in [-0.15, -0.1) is 0 Å². The average Bonchev–Trinajstić information content (AvgIpc) is 2.60. The topological polar surface area (TPSA) is 114 Å². The molecule has 0 aliphatic carbocycles. The summed E-state index contributed by atoms with van der Waals surface area (Å²) in [5.41, 5.74) is 16.0. The Kier molecular flexibility index (Phi) is 32.2. The zero-order valence-electron chi connectivity index (χ0n) is 15.1. The lowest BCUT2D eigenvalue weighted by molar-refractivity contribution is 0.682. The Morgan fingerprint density at radius 2 is 0.958 bits per heavy atom. The van der Waals surface area contributed by atoms with Gasteiger partial charge < -0.3 is 33.2 Å². The van der Waals surface area contributed by atoms with Gasteiger partial charge in [0.2, 0.25) is 0 Å². The highest BCUT2D eigenvalue weighted by Gasteiger charge is 1.91. The van der Waals surface area contributed by atoms with Gasteiger partial charge in [-0.1, -0.05) is 21.6 Å². The highest BCUT2D eigenvalue weighted by atomic mass is 33.1. The van der Waals surface area contributed by atoms with Crippen molar-refractivity contribution in [2.75, 3.05) is 76.2 Å². The minimum atomic E-state index is 0.777. The van der Waals surface area contributed by atoms with Crippen LogP contribution in [0.2, 0.25) is 0 Å². The second-order valence-electron chi connectivity index (χ2n) is 5.04. The SMILES string of the molecule is NCCCNCCS.NCCCNCCSSCCNCCCN. The van der Waals surface area contributed by atoms with E-state index in [1.807, 2.05) is 21.6 Å². The molecule has 0 saturated carbocycles. The fourth-order valence-corrected chi connectivity index (χ4v) is 3.54. The Morgan fingerprint density at radius 1 is 0.583 bits per heavy atom. The maximum absolute atomic E-state index is 5.39. The number of hydrogen-bond donors (Lipinski definition) is 7. The Morgan fingerprint density at radius 3 is 1.29 bits per heavy atom. The Bertz CT molecular complexity index is 184. The number of rotatable bonds is 18. The minimum Gasteiger partial charge on any atom is -0.330 e. The molecule has 0 aromatic heterocycles. The fourth-order valence-electron chi connectivity index (χ4n) is 1.48. The molecular formula is C15H40N6S3. The molecule has 9 heteroatoms. The number of hydrogen-bond acceptors (Lipinski definition) is 9. The first-order valence-electron chi connectivity index (χ1n) is 8.91. The van der Waals surface area contributed by atoms with Crippen molar-refractivity contribution in [3.63, 3.8) is 0 Å². The van der Waals surface area contributed by atoms with Crippen LogP contribution in [0.15, 0.2) is 0 Å². The van der Waals surface area contributed by atoms with Crippen LogP contribution >= 0.6 is 34.2 Å². The van der Waals surface area contributed by atoms with E-state index in [0.29, 0.717) is 0 Å². The lowest BCUT2D eigenvalue weighted by Crippen LogP contribution is -2.21. The van der Waals surface area contributed by atoms with Crippen molar-refractivity contribution in [3.05, 3.63) is 0 Å². The van der Waals surface area contributed by atoms with E-state index >= 15 is 0 Å². The molecule has 0 radical (unpaired) electrons. The van der Waals surface area contributed by atoms with Gasteiger partial charge in [0.1, 0.15) is 0 Å². The van der Waals surface area contributed by atoms with Gasteiger partial charge >= 0.3 is 0 Å². The number of nitrogens with one attached hydrogen (secondary N) is 3. The monoisotopic (exact) mass is 400 g/mol. The van der Waals surface area contributed by atoms with Crippen molar-refractivity contribution in [3.8, 4) is 0 Å². The quantitative estimate of drug-likeness (QED) is 0.0985. The van der Waals surface area contributed by atoms with Crippen LogP contribution in [0.1, 0.15) is 19.3 Å². The molecule has 0 heterocycles. The van der Waals surface area contributed by atoms with Crippen molar-refractivity contribution >= 4 is 34.2 Å². The van der Waals surface area contributed by atoms with Crippen molar-refractivity contribution in [1.82, 2.24) is 16.0 Å². The molecule has 148 valence electrons. The van der Waals surface area contributed by atoms with E-state index in [1.165, 1.54) is 0 Å². The van der Waals surface area contributed by atoms with E-state index in [9.17, 15) is 0 Å². The van der Waals surface area contributed by atoms with Crippen LogP contribution in [0.25, 0.3) is 0 Å². The van der Waals surface area contributed by atoms with Crippen LogP contribution in [0.5, 0.6) is 0 Å². The summed E-state index contributed by atoms with van der Waals surface area (Å²) >= 11 is 4.03. The Balaban J connectivity index is 0. The van der Waals surface area contributed by atoms with Gasteiger partial charge in [0.05, 0.1) is 0 Å². The van der Waals surface area contributed by atoms with Gasteiger partial charge in [0.15, 0.2) is 0 Å². The van der Waals surface area contributed by atoms with E-state index in [-0.39, 0.29) is 0 Å². The third-order valence-corrected chi connectivity index (χ3v) is 5.40. The predicted octanol–water partition coefficient (Wildman–Crippen LogP) is 0.0992. The standard InChI is InChI=1S/C10H26N4S2.C5H14N2S/c11-3-1-5-13-7-9-15-16-10-8-14-6-2-4-12;6-2-1-3-7-4-5-8/h13-14H,1-12H2;7-8H,1-6H2. The van der Waals surface area contributed by atoms with Crippen LogP contribution < -0.4 is 33.2 Å². The summed E-state index contributed by atoms with van der Waals surface area (Å²) in [7, 11) is 3.87. The average molecular weight is 401 g/mol. The van der Waals surface area contributed by atoms with Gasteiger partial charge in [0.25, 0.3) is 0 Å². The number of thiol groups is 1. The maximum Gasteiger partial charge on any atom is 0.0162 e. The van der Waals surface area contributed by atoms with Gasteiger partial charge in [-0.05, 0) is 58.5 Å². The molecule has 0 saturated heterocycles. The molecule has 0 amide bonds. The summed E-state index contributed by atoms with van der Waals surface area (Å²) in [6.07, 6.45) is 3.21. The summed E-state index contributed by atoms with van der Waals surface area (Å²) in [6.45, 7) is 8.60. The molecule has 6 nitrogen and oxygen atoms in total. The third-order valence-electron chi connectivity index (χ3n) is 2.77. The zero-order chi connectivity index (χ0) is 18.1. The molecule has 24 heavy (non-hydrogen) atoms. The lowest BCUT2D eigenvalue weighted by Gasteiger charge is -2.04. The van der Waals surface area contributed by atoms with Gasteiger partial charge in [-0.25, -0.2) is 0 Å². The second-order valence-corrected chi connectivity index (χ2v) is 8.19. The van der Waals surface area contributed by atoms with Crippen LogP contribution in [-0.4, -0.2) is 76.2 Å². The molecule has 0 aromatic rings. The normalized spacial score (nSPS) is 10.5. The molecule has 0 spiro atoms. The van der Waals surface area contributed by atoms with E-state index in [1.54, 1.807) is 0 Å². The number of nitrogens with two attached hydrogens (primary N) is 3. The van der Waals surface area contributed by atoms with Gasteiger partial charge in [-0.3, -0.25) is 0 Å². The molecule has 0 rings (SSSR count). The highest BCUT2D eigenvalue weighted by molar-refractivity contribution is 8.76.